The Bertz CT molecular complexity index is 1390. The summed E-state index contributed by atoms with van der Waals surface area (Å²) in [6.07, 6.45) is 0. The molecular formula is C26H20ClN3O3S. The van der Waals surface area contributed by atoms with Crippen LogP contribution in [0.3, 0.4) is 0 Å². The van der Waals surface area contributed by atoms with E-state index in [0.717, 1.165) is 27.4 Å². The van der Waals surface area contributed by atoms with E-state index in [1.165, 1.54) is 4.90 Å². The number of aromatic nitrogens is 1. The fourth-order valence-corrected chi connectivity index (χ4v) is 4.82. The van der Waals surface area contributed by atoms with E-state index in [1.807, 2.05) is 60.8 Å². The van der Waals surface area contributed by atoms with E-state index in [4.69, 9.17) is 21.3 Å². The van der Waals surface area contributed by atoms with Gasteiger partial charge in [0.05, 0.1) is 11.4 Å². The molecule has 0 radical (unpaired) electrons. The van der Waals surface area contributed by atoms with E-state index in [1.54, 1.807) is 29.5 Å². The first kappa shape index (κ1) is 22.1. The number of carbonyl (C=O) groups is 2. The number of fused-ring (bicyclic) bond motifs is 1. The Kier molecular flexibility index (Phi) is 6.04. The van der Waals surface area contributed by atoms with E-state index in [2.05, 4.69) is 5.32 Å². The molecular weight excluding hydrogens is 470 g/mol. The fourth-order valence-electron chi connectivity index (χ4n) is 3.76. The molecule has 3 aromatic carbocycles. The number of amides is 2. The van der Waals surface area contributed by atoms with Crippen molar-refractivity contribution in [3.8, 4) is 27.6 Å². The molecule has 0 aliphatic carbocycles. The number of anilines is 2. The molecule has 0 saturated carbocycles. The minimum Gasteiger partial charge on any atom is -0.482 e. The van der Waals surface area contributed by atoms with Crippen molar-refractivity contribution in [2.24, 2.45) is 0 Å². The summed E-state index contributed by atoms with van der Waals surface area (Å²) in [6, 6.07) is 20.8. The van der Waals surface area contributed by atoms with E-state index in [0.29, 0.717) is 22.1 Å². The van der Waals surface area contributed by atoms with Crippen molar-refractivity contribution in [3.63, 3.8) is 0 Å². The number of benzene rings is 3. The van der Waals surface area contributed by atoms with Crippen molar-refractivity contribution in [2.45, 2.75) is 6.92 Å². The molecule has 6 nitrogen and oxygen atoms in total. The second kappa shape index (κ2) is 9.29. The molecule has 5 rings (SSSR count). The monoisotopic (exact) mass is 489 g/mol. The lowest BCUT2D eigenvalue weighted by atomic mass is 10.1. The van der Waals surface area contributed by atoms with Crippen LogP contribution in [-0.2, 0) is 9.59 Å². The third-order valence-corrected chi connectivity index (χ3v) is 6.61. The maximum atomic E-state index is 12.8. The van der Waals surface area contributed by atoms with Crippen molar-refractivity contribution >= 4 is 46.1 Å². The van der Waals surface area contributed by atoms with Gasteiger partial charge in [0.2, 0.25) is 5.91 Å². The van der Waals surface area contributed by atoms with Crippen molar-refractivity contribution < 1.29 is 14.3 Å². The van der Waals surface area contributed by atoms with Gasteiger partial charge in [-0.2, -0.15) is 0 Å². The number of rotatable bonds is 5. The van der Waals surface area contributed by atoms with Crippen LogP contribution < -0.4 is 15.0 Å². The van der Waals surface area contributed by atoms with Crippen LogP contribution in [-0.4, -0.2) is 29.9 Å². The maximum Gasteiger partial charge on any atom is 0.265 e. The SMILES string of the molecule is Cc1cc(Cl)ccc1NC(=O)CN1C(=O)COc2ccc(-c3csc(-c4ccccc4)n3)cc21. The van der Waals surface area contributed by atoms with Crippen LogP contribution in [0.2, 0.25) is 5.02 Å². The first-order valence-corrected chi connectivity index (χ1v) is 11.9. The standard InChI is InChI=1S/C26H20ClN3O3S/c1-16-11-19(27)8-9-20(16)28-24(31)13-30-22-12-18(7-10-23(22)33-14-25(30)32)21-15-34-26(29-21)17-5-3-2-4-6-17/h2-12,15H,13-14H2,1H3,(H,28,31). The molecule has 0 fully saturated rings. The molecule has 8 heteroatoms. The van der Waals surface area contributed by atoms with Gasteiger partial charge in [0, 0.05) is 27.2 Å². The zero-order valence-corrected chi connectivity index (χ0v) is 19.8. The summed E-state index contributed by atoms with van der Waals surface area (Å²) in [6.45, 7) is 1.61. The second-order valence-electron chi connectivity index (χ2n) is 7.86. The highest BCUT2D eigenvalue weighted by Crippen LogP contribution is 2.37. The molecule has 0 saturated heterocycles. The topological polar surface area (TPSA) is 71.5 Å². The number of nitrogens with one attached hydrogen (secondary N) is 1. The number of hydrogen-bond donors (Lipinski definition) is 1. The highest BCUT2D eigenvalue weighted by molar-refractivity contribution is 7.13. The van der Waals surface area contributed by atoms with Crippen molar-refractivity contribution in [3.05, 3.63) is 82.7 Å². The van der Waals surface area contributed by atoms with Gasteiger partial charge in [-0.1, -0.05) is 41.9 Å². The molecule has 1 aliphatic heterocycles. The molecule has 34 heavy (non-hydrogen) atoms. The number of thiazole rings is 1. The molecule has 0 atom stereocenters. The predicted octanol–water partition coefficient (Wildman–Crippen LogP) is 5.80. The minimum atomic E-state index is -0.308. The first-order chi connectivity index (χ1) is 16.5. The summed E-state index contributed by atoms with van der Waals surface area (Å²) in [5.41, 5.74) is 4.73. The number of carbonyl (C=O) groups excluding carboxylic acids is 2. The summed E-state index contributed by atoms with van der Waals surface area (Å²) in [4.78, 5) is 31.7. The third kappa shape index (κ3) is 4.53. The lowest BCUT2D eigenvalue weighted by molar-refractivity contribution is -0.123. The Morgan fingerprint density at radius 2 is 1.94 bits per heavy atom. The van der Waals surface area contributed by atoms with Crippen LogP contribution in [0.25, 0.3) is 21.8 Å². The number of halogens is 1. The zero-order chi connectivity index (χ0) is 23.7. The molecule has 4 aromatic rings. The van der Waals surface area contributed by atoms with Crippen molar-refractivity contribution in [1.29, 1.82) is 0 Å². The van der Waals surface area contributed by atoms with E-state index in [9.17, 15) is 9.59 Å². The average molecular weight is 490 g/mol. The number of hydrogen-bond acceptors (Lipinski definition) is 5. The lowest BCUT2D eigenvalue weighted by Crippen LogP contribution is -2.43. The molecule has 1 aliphatic rings. The molecule has 2 amide bonds. The zero-order valence-electron chi connectivity index (χ0n) is 18.2. The Labute approximate surface area is 205 Å². The van der Waals surface area contributed by atoms with Crippen LogP contribution in [0, 0.1) is 6.92 Å². The van der Waals surface area contributed by atoms with Crippen molar-refractivity contribution in [1.82, 2.24) is 4.98 Å². The van der Waals surface area contributed by atoms with Gasteiger partial charge in [-0.05, 0) is 48.9 Å². The van der Waals surface area contributed by atoms with Crippen LogP contribution in [0.1, 0.15) is 5.56 Å². The third-order valence-electron chi connectivity index (χ3n) is 5.49. The second-order valence-corrected chi connectivity index (χ2v) is 9.16. The van der Waals surface area contributed by atoms with Crippen LogP contribution in [0.4, 0.5) is 11.4 Å². The first-order valence-electron chi connectivity index (χ1n) is 10.6. The predicted molar refractivity (Wildman–Crippen MR) is 136 cm³/mol. The Morgan fingerprint density at radius 3 is 2.74 bits per heavy atom. The molecule has 1 N–H and O–H groups in total. The summed E-state index contributed by atoms with van der Waals surface area (Å²) in [5.74, 6) is -0.0368. The summed E-state index contributed by atoms with van der Waals surface area (Å²) in [7, 11) is 0. The molecule has 170 valence electrons. The van der Waals surface area contributed by atoms with Gasteiger partial charge in [0.15, 0.2) is 6.61 Å². The van der Waals surface area contributed by atoms with Crippen LogP contribution in [0.15, 0.2) is 72.1 Å². The molecule has 1 aromatic heterocycles. The number of aryl methyl sites for hydroxylation is 1. The summed E-state index contributed by atoms with van der Waals surface area (Å²) < 4.78 is 5.61. The normalized spacial score (nSPS) is 12.8. The highest BCUT2D eigenvalue weighted by atomic mass is 35.5. The van der Waals surface area contributed by atoms with Crippen LogP contribution in [0.5, 0.6) is 5.75 Å². The highest BCUT2D eigenvalue weighted by Gasteiger charge is 2.28. The molecule has 2 heterocycles. The molecule has 0 spiro atoms. The Hall–Kier alpha value is -3.68. The Balaban J connectivity index is 1.40. The van der Waals surface area contributed by atoms with Crippen molar-refractivity contribution in [2.75, 3.05) is 23.4 Å². The van der Waals surface area contributed by atoms with Gasteiger partial charge >= 0.3 is 0 Å². The summed E-state index contributed by atoms with van der Waals surface area (Å²) >= 11 is 7.56. The van der Waals surface area contributed by atoms with Gasteiger partial charge in [-0.3, -0.25) is 14.5 Å². The smallest absolute Gasteiger partial charge is 0.265 e. The van der Waals surface area contributed by atoms with Gasteiger partial charge < -0.3 is 10.1 Å². The van der Waals surface area contributed by atoms with Gasteiger partial charge in [0.1, 0.15) is 17.3 Å². The quantitative estimate of drug-likeness (QED) is 0.384. The van der Waals surface area contributed by atoms with E-state index < -0.39 is 0 Å². The van der Waals surface area contributed by atoms with Crippen LogP contribution >= 0.6 is 22.9 Å². The number of nitrogens with zero attached hydrogens (tertiary/aromatic N) is 2. The fraction of sp³-hybridized carbons (Fsp3) is 0.115. The lowest BCUT2D eigenvalue weighted by Gasteiger charge is -2.29. The largest absolute Gasteiger partial charge is 0.482 e. The number of ether oxygens (including phenoxy) is 1. The van der Waals surface area contributed by atoms with Gasteiger partial charge in [0.25, 0.3) is 5.91 Å². The molecule has 0 bridgehead atoms. The average Bonchev–Trinajstić information content (AvgIpc) is 3.33. The van der Waals surface area contributed by atoms with E-state index >= 15 is 0 Å². The Morgan fingerprint density at radius 1 is 1.12 bits per heavy atom. The maximum absolute atomic E-state index is 12.8. The van der Waals surface area contributed by atoms with Gasteiger partial charge in [-0.25, -0.2) is 4.98 Å². The molecule has 0 unspecified atom stereocenters. The van der Waals surface area contributed by atoms with E-state index in [-0.39, 0.29) is 25.0 Å². The minimum absolute atomic E-state index is 0.117. The van der Waals surface area contributed by atoms with Gasteiger partial charge in [-0.15, -0.1) is 11.3 Å². The summed E-state index contributed by atoms with van der Waals surface area (Å²) in [5, 5.41) is 6.35.